The molecule has 24 heavy (non-hydrogen) atoms. The van der Waals surface area contributed by atoms with Crippen molar-refractivity contribution in [2.24, 2.45) is 4.99 Å². The van der Waals surface area contributed by atoms with Gasteiger partial charge >= 0.3 is 0 Å². The number of nitrogens with zero attached hydrogens (tertiary/aromatic N) is 3. The monoisotopic (exact) mass is 447 g/mol. The SMILES string of the molecule is C=CCCCCCN(C)C(=NCCCc1cn[nH]c1C)NCC.I. The lowest BCUT2D eigenvalue weighted by molar-refractivity contribution is 0.455. The van der Waals surface area contributed by atoms with Crippen molar-refractivity contribution >= 4 is 29.9 Å². The number of guanidine groups is 1. The minimum Gasteiger partial charge on any atom is -0.357 e. The van der Waals surface area contributed by atoms with Crippen LogP contribution >= 0.6 is 24.0 Å². The van der Waals surface area contributed by atoms with Crippen molar-refractivity contribution in [1.29, 1.82) is 0 Å². The largest absolute Gasteiger partial charge is 0.357 e. The number of rotatable bonds is 11. The zero-order valence-electron chi connectivity index (χ0n) is 15.5. The lowest BCUT2D eigenvalue weighted by atomic mass is 10.1. The summed E-state index contributed by atoms with van der Waals surface area (Å²) >= 11 is 0. The number of hydrogen-bond donors (Lipinski definition) is 2. The fourth-order valence-corrected chi connectivity index (χ4v) is 2.47. The normalized spacial score (nSPS) is 11.0. The van der Waals surface area contributed by atoms with E-state index in [1.807, 2.05) is 12.3 Å². The van der Waals surface area contributed by atoms with Crippen molar-refractivity contribution in [2.45, 2.75) is 52.4 Å². The predicted octanol–water partition coefficient (Wildman–Crippen LogP) is 3.91. The number of H-pyrrole nitrogens is 1. The summed E-state index contributed by atoms with van der Waals surface area (Å²) in [5.74, 6) is 1.01. The van der Waals surface area contributed by atoms with E-state index >= 15 is 0 Å². The molecule has 0 aliphatic carbocycles. The van der Waals surface area contributed by atoms with Gasteiger partial charge in [0.15, 0.2) is 5.96 Å². The predicted molar refractivity (Wildman–Crippen MR) is 114 cm³/mol. The summed E-state index contributed by atoms with van der Waals surface area (Å²) in [7, 11) is 2.12. The van der Waals surface area contributed by atoms with Crippen LogP contribution in [0.2, 0.25) is 0 Å². The van der Waals surface area contributed by atoms with Gasteiger partial charge in [0.05, 0.1) is 6.20 Å². The van der Waals surface area contributed by atoms with Gasteiger partial charge in [0.25, 0.3) is 0 Å². The van der Waals surface area contributed by atoms with Crippen LogP contribution in [-0.2, 0) is 6.42 Å². The van der Waals surface area contributed by atoms with Gasteiger partial charge in [-0.1, -0.05) is 12.5 Å². The molecule has 0 aromatic carbocycles. The molecule has 2 N–H and O–H groups in total. The van der Waals surface area contributed by atoms with Crippen molar-refractivity contribution < 1.29 is 0 Å². The average molecular weight is 447 g/mol. The Morgan fingerprint density at radius 2 is 2.17 bits per heavy atom. The first-order chi connectivity index (χ1) is 11.2. The highest BCUT2D eigenvalue weighted by atomic mass is 127. The maximum atomic E-state index is 4.74. The van der Waals surface area contributed by atoms with Crippen LogP contribution in [0, 0.1) is 6.92 Å². The first-order valence-electron chi connectivity index (χ1n) is 8.78. The molecule has 0 aliphatic heterocycles. The molecule has 0 bridgehead atoms. The Morgan fingerprint density at radius 1 is 1.38 bits per heavy atom. The summed E-state index contributed by atoms with van der Waals surface area (Å²) < 4.78 is 0. The van der Waals surface area contributed by atoms with Crippen molar-refractivity contribution in [3.63, 3.8) is 0 Å². The molecule has 1 rings (SSSR count). The molecule has 0 fully saturated rings. The van der Waals surface area contributed by atoms with Gasteiger partial charge in [0, 0.05) is 32.4 Å². The number of nitrogens with one attached hydrogen (secondary N) is 2. The van der Waals surface area contributed by atoms with Gasteiger partial charge in [-0.05, 0) is 51.5 Å². The molecule has 5 nitrogen and oxygen atoms in total. The van der Waals surface area contributed by atoms with Crippen LogP contribution < -0.4 is 5.32 Å². The summed E-state index contributed by atoms with van der Waals surface area (Å²) in [4.78, 5) is 6.98. The van der Waals surface area contributed by atoms with Gasteiger partial charge < -0.3 is 10.2 Å². The van der Waals surface area contributed by atoms with E-state index in [1.165, 1.54) is 24.8 Å². The van der Waals surface area contributed by atoms with Crippen LogP contribution in [0.3, 0.4) is 0 Å². The van der Waals surface area contributed by atoms with E-state index in [4.69, 9.17) is 4.99 Å². The summed E-state index contributed by atoms with van der Waals surface area (Å²) in [5.41, 5.74) is 2.46. The van der Waals surface area contributed by atoms with E-state index in [9.17, 15) is 0 Å². The molecule has 0 saturated carbocycles. The van der Waals surface area contributed by atoms with Crippen molar-refractivity contribution in [3.8, 4) is 0 Å². The van der Waals surface area contributed by atoms with Crippen LogP contribution in [-0.4, -0.2) is 47.7 Å². The molecule has 1 heterocycles. The number of aromatic nitrogens is 2. The van der Waals surface area contributed by atoms with E-state index in [1.54, 1.807) is 0 Å². The highest BCUT2D eigenvalue weighted by molar-refractivity contribution is 14.0. The Balaban J connectivity index is 0.00000529. The second-order valence-electron chi connectivity index (χ2n) is 5.92. The Bertz CT molecular complexity index is 470. The molecular weight excluding hydrogens is 413 g/mol. The van der Waals surface area contributed by atoms with Gasteiger partial charge in [0.2, 0.25) is 0 Å². The minimum absolute atomic E-state index is 0. The number of halogens is 1. The zero-order chi connectivity index (χ0) is 16.9. The molecule has 0 saturated heterocycles. The molecule has 0 unspecified atom stereocenters. The van der Waals surface area contributed by atoms with Gasteiger partial charge in [-0.2, -0.15) is 5.10 Å². The molecule has 0 radical (unpaired) electrons. The average Bonchev–Trinajstić information content (AvgIpc) is 2.95. The lowest BCUT2D eigenvalue weighted by Crippen LogP contribution is -2.39. The van der Waals surface area contributed by atoms with E-state index in [-0.39, 0.29) is 24.0 Å². The number of aromatic amines is 1. The van der Waals surface area contributed by atoms with Crippen molar-refractivity contribution in [2.75, 3.05) is 26.7 Å². The molecule has 0 spiro atoms. The van der Waals surface area contributed by atoms with E-state index < -0.39 is 0 Å². The third-order valence-corrected chi connectivity index (χ3v) is 3.90. The van der Waals surface area contributed by atoms with E-state index in [0.29, 0.717) is 0 Å². The minimum atomic E-state index is 0. The topological polar surface area (TPSA) is 56.3 Å². The van der Waals surface area contributed by atoms with Crippen LogP contribution in [0.5, 0.6) is 0 Å². The number of aliphatic imine (C=N–C) groups is 1. The maximum Gasteiger partial charge on any atom is 0.193 e. The van der Waals surface area contributed by atoms with Gasteiger partial charge in [0.1, 0.15) is 0 Å². The smallest absolute Gasteiger partial charge is 0.193 e. The molecule has 1 aromatic rings. The number of allylic oxidation sites excluding steroid dienone is 1. The highest BCUT2D eigenvalue weighted by Crippen LogP contribution is 2.06. The number of unbranched alkanes of at least 4 members (excludes halogenated alkanes) is 3. The second-order valence-corrected chi connectivity index (χ2v) is 5.92. The standard InChI is InChI=1S/C18H33N5.HI/c1-5-7-8-9-10-14-23(4)18(19-6-2)20-13-11-12-17-15-21-22-16(17)3;/h5,15H,1,6-14H2,2-4H3,(H,19,20)(H,21,22);1H. The van der Waals surface area contributed by atoms with Crippen LogP contribution in [0.15, 0.2) is 23.8 Å². The fraction of sp³-hybridized carbons (Fsp3) is 0.667. The number of aryl methyl sites for hydroxylation is 2. The molecular formula is C18H34IN5. The second kappa shape index (κ2) is 14.3. The highest BCUT2D eigenvalue weighted by Gasteiger charge is 2.05. The fourth-order valence-electron chi connectivity index (χ4n) is 2.47. The summed E-state index contributed by atoms with van der Waals surface area (Å²) in [6, 6.07) is 0. The number of hydrogen-bond acceptors (Lipinski definition) is 2. The van der Waals surface area contributed by atoms with Gasteiger partial charge in [-0.25, -0.2) is 0 Å². The van der Waals surface area contributed by atoms with Crippen LogP contribution in [0.4, 0.5) is 0 Å². The van der Waals surface area contributed by atoms with Gasteiger partial charge in [-0.15, -0.1) is 30.6 Å². The molecule has 138 valence electrons. The van der Waals surface area contributed by atoms with Crippen LogP contribution in [0.25, 0.3) is 0 Å². The van der Waals surface area contributed by atoms with Gasteiger partial charge in [-0.3, -0.25) is 10.1 Å². The summed E-state index contributed by atoms with van der Waals surface area (Å²) in [6.07, 6.45) is 10.8. The zero-order valence-corrected chi connectivity index (χ0v) is 17.8. The van der Waals surface area contributed by atoms with E-state index in [2.05, 4.69) is 47.9 Å². The van der Waals surface area contributed by atoms with E-state index in [0.717, 1.165) is 50.6 Å². The molecule has 0 aliphatic rings. The first-order valence-corrected chi connectivity index (χ1v) is 8.78. The molecule has 6 heteroatoms. The Labute approximate surface area is 164 Å². The molecule has 0 amide bonds. The third-order valence-electron chi connectivity index (χ3n) is 3.90. The Hall–Kier alpha value is -1.05. The molecule has 1 aromatic heterocycles. The lowest BCUT2D eigenvalue weighted by Gasteiger charge is -2.22. The summed E-state index contributed by atoms with van der Waals surface area (Å²) in [5, 5.41) is 10.4. The Kier molecular flexibility index (Phi) is 13.7. The molecule has 0 atom stereocenters. The summed E-state index contributed by atoms with van der Waals surface area (Å²) in [6.45, 7) is 10.7. The maximum absolute atomic E-state index is 4.74. The van der Waals surface area contributed by atoms with Crippen molar-refractivity contribution in [3.05, 3.63) is 30.1 Å². The van der Waals surface area contributed by atoms with Crippen LogP contribution in [0.1, 0.15) is 50.3 Å². The van der Waals surface area contributed by atoms with Crippen molar-refractivity contribution in [1.82, 2.24) is 20.4 Å². The third kappa shape index (κ3) is 9.30. The quantitative estimate of drug-likeness (QED) is 0.178. The first kappa shape index (κ1) is 22.9. The Morgan fingerprint density at radius 3 is 2.79 bits per heavy atom.